The molecule has 13 heavy (non-hydrogen) atoms. The van der Waals surface area contributed by atoms with Crippen LogP contribution in [0.4, 0.5) is 0 Å². The lowest BCUT2D eigenvalue weighted by molar-refractivity contribution is 0.101. The average Bonchev–Trinajstić information content (AvgIpc) is 2.02. The Bertz CT molecular complexity index is 324. The van der Waals surface area contributed by atoms with E-state index in [4.69, 9.17) is 16.7 Å². The molecule has 0 heterocycles. The zero-order chi connectivity index (χ0) is 10.0. The average molecular weight is 201 g/mol. The van der Waals surface area contributed by atoms with Gasteiger partial charge in [-0.25, -0.2) is 0 Å². The zero-order valence-corrected chi connectivity index (χ0v) is 7.80. The van der Waals surface area contributed by atoms with E-state index in [2.05, 4.69) is 0 Å². The number of hydrogen-bond donors (Lipinski definition) is 2. The lowest BCUT2D eigenvalue weighted by Gasteiger charge is -2.05. The third-order valence-electron chi connectivity index (χ3n) is 1.70. The number of phenols is 2. The smallest absolute Gasteiger partial charge is 0.181 e. The van der Waals surface area contributed by atoms with Crippen LogP contribution in [-0.4, -0.2) is 21.9 Å². The molecule has 0 unspecified atom stereocenters. The lowest BCUT2D eigenvalue weighted by atomic mass is 10.0. The van der Waals surface area contributed by atoms with Crippen molar-refractivity contribution in [3.8, 4) is 11.5 Å². The summed E-state index contributed by atoms with van der Waals surface area (Å²) in [7, 11) is 0. The number of hydrogen-bond acceptors (Lipinski definition) is 3. The fraction of sp³-hybridized carbons (Fsp3) is 0.222. The monoisotopic (exact) mass is 200 g/mol. The van der Waals surface area contributed by atoms with Crippen molar-refractivity contribution < 1.29 is 15.0 Å². The Kier molecular flexibility index (Phi) is 2.78. The largest absolute Gasteiger partial charge is 0.508 e. The summed E-state index contributed by atoms with van der Waals surface area (Å²) in [6.45, 7) is 1.62. The van der Waals surface area contributed by atoms with Crippen molar-refractivity contribution in [3.05, 3.63) is 23.3 Å². The second-order valence-electron chi connectivity index (χ2n) is 2.71. The van der Waals surface area contributed by atoms with Crippen LogP contribution in [0.25, 0.3) is 0 Å². The lowest BCUT2D eigenvalue weighted by Crippen LogP contribution is -2.03. The van der Waals surface area contributed by atoms with Crippen LogP contribution in [0.1, 0.15) is 15.9 Å². The highest BCUT2D eigenvalue weighted by Gasteiger charge is 2.13. The van der Waals surface area contributed by atoms with Crippen molar-refractivity contribution in [2.24, 2.45) is 0 Å². The highest BCUT2D eigenvalue weighted by Crippen LogP contribution is 2.27. The molecule has 0 aliphatic carbocycles. The Morgan fingerprint density at radius 2 is 2.08 bits per heavy atom. The van der Waals surface area contributed by atoms with Gasteiger partial charge in [0.25, 0.3) is 0 Å². The molecular weight excluding hydrogens is 192 g/mol. The predicted molar refractivity (Wildman–Crippen MR) is 49.6 cm³/mol. The van der Waals surface area contributed by atoms with Gasteiger partial charge in [-0.3, -0.25) is 4.79 Å². The number of benzene rings is 1. The molecule has 0 aliphatic heterocycles. The van der Waals surface area contributed by atoms with Gasteiger partial charge in [0.05, 0.1) is 11.4 Å². The Morgan fingerprint density at radius 1 is 1.46 bits per heavy atom. The predicted octanol–water partition coefficient (Wildman–Crippen LogP) is 1.83. The quantitative estimate of drug-likeness (QED) is 0.566. The molecule has 0 radical (unpaired) electrons. The molecular formula is C9H9ClO3. The fourth-order valence-electron chi connectivity index (χ4n) is 1.18. The number of aromatic hydroxyl groups is 2. The minimum atomic E-state index is -0.350. The molecule has 1 aromatic carbocycles. The van der Waals surface area contributed by atoms with Crippen molar-refractivity contribution in [2.75, 3.05) is 5.88 Å². The molecule has 0 saturated heterocycles. The van der Waals surface area contributed by atoms with Gasteiger partial charge < -0.3 is 10.2 Å². The van der Waals surface area contributed by atoms with Crippen LogP contribution < -0.4 is 0 Å². The van der Waals surface area contributed by atoms with E-state index >= 15 is 0 Å². The van der Waals surface area contributed by atoms with Gasteiger partial charge in [-0.1, -0.05) is 0 Å². The maximum Gasteiger partial charge on any atom is 0.181 e. The first-order valence-electron chi connectivity index (χ1n) is 3.68. The zero-order valence-electron chi connectivity index (χ0n) is 7.04. The van der Waals surface area contributed by atoms with Gasteiger partial charge in [0.1, 0.15) is 11.5 Å². The summed E-state index contributed by atoms with van der Waals surface area (Å²) in [5.41, 5.74) is 0.691. The summed E-state index contributed by atoms with van der Waals surface area (Å²) in [4.78, 5) is 11.2. The number of carbonyl (C=O) groups excluding carboxylic acids is 1. The topological polar surface area (TPSA) is 57.5 Å². The Hall–Kier alpha value is -1.22. The van der Waals surface area contributed by atoms with Crippen molar-refractivity contribution in [3.63, 3.8) is 0 Å². The number of ketones is 1. The summed E-state index contributed by atoms with van der Waals surface area (Å²) in [6.07, 6.45) is 0. The van der Waals surface area contributed by atoms with Crippen LogP contribution in [0.3, 0.4) is 0 Å². The number of carbonyl (C=O) groups is 1. The molecule has 4 heteroatoms. The van der Waals surface area contributed by atoms with E-state index in [1.54, 1.807) is 6.92 Å². The minimum absolute atomic E-state index is 0.0684. The summed E-state index contributed by atoms with van der Waals surface area (Å²) < 4.78 is 0. The van der Waals surface area contributed by atoms with Crippen LogP contribution in [0.2, 0.25) is 0 Å². The van der Waals surface area contributed by atoms with E-state index in [9.17, 15) is 9.90 Å². The van der Waals surface area contributed by atoms with Crippen LogP contribution >= 0.6 is 11.6 Å². The maximum absolute atomic E-state index is 11.2. The Balaban J connectivity index is 3.28. The van der Waals surface area contributed by atoms with Crippen molar-refractivity contribution in [2.45, 2.75) is 6.92 Å². The molecule has 0 fully saturated rings. The summed E-state index contributed by atoms with van der Waals surface area (Å²) >= 11 is 5.35. The highest BCUT2D eigenvalue weighted by atomic mass is 35.5. The number of phenolic OH excluding ortho intramolecular Hbond substituents is 2. The highest BCUT2D eigenvalue weighted by molar-refractivity contribution is 6.31. The SMILES string of the molecule is Cc1cc(O)cc(O)c1C(=O)CCl. The molecule has 2 N–H and O–H groups in total. The third-order valence-corrected chi connectivity index (χ3v) is 1.94. The number of Topliss-reactive ketones (excluding diaryl/α,β-unsaturated/α-hetero) is 1. The molecule has 70 valence electrons. The Labute approximate surface area is 80.6 Å². The van der Waals surface area contributed by atoms with E-state index < -0.39 is 0 Å². The fourth-order valence-corrected chi connectivity index (χ4v) is 1.31. The van der Waals surface area contributed by atoms with Crippen LogP contribution in [0, 0.1) is 6.92 Å². The van der Waals surface area contributed by atoms with Crippen LogP contribution in [0.5, 0.6) is 11.5 Å². The van der Waals surface area contributed by atoms with Gasteiger partial charge in [0, 0.05) is 6.07 Å². The number of rotatable bonds is 2. The van der Waals surface area contributed by atoms with Gasteiger partial charge in [0.2, 0.25) is 0 Å². The van der Waals surface area contributed by atoms with Crippen LogP contribution in [0.15, 0.2) is 12.1 Å². The number of aryl methyl sites for hydroxylation is 1. The molecule has 0 amide bonds. The molecule has 0 aromatic heterocycles. The molecule has 0 spiro atoms. The maximum atomic E-state index is 11.2. The molecule has 0 saturated carbocycles. The van der Waals surface area contributed by atoms with Gasteiger partial charge >= 0.3 is 0 Å². The van der Waals surface area contributed by atoms with E-state index in [0.29, 0.717) is 5.56 Å². The number of halogens is 1. The summed E-state index contributed by atoms with van der Waals surface area (Å²) in [5.74, 6) is -0.833. The van der Waals surface area contributed by atoms with E-state index in [0.717, 1.165) is 6.07 Å². The summed E-state index contributed by atoms with van der Waals surface area (Å²) in [5, 5.41) is 18.4. The molecule has 0 atom stereocenters. The van der Waals surface area contributed by atoms with Gasteiger partial charge in [-0.05, 0) is 18.6 Å². The molecule has 3 nitrogen and oxygen atoms in total. The van der Waals surface area contributed by atoms with Crippen molar-refractivity contribution >= 4 is 17.4 Å². The normalized spacial score (nSPS) is 10.0. The Morgan fingerprint density at radius 3 is 2.54 bits per heavy atom. The summed E-state index contributed by atoms with van der Waals surface area (Å²) in [6, 6.07) is 2.52. The van der Waals surface area contributed by atoms with Gasteiger partial charge in [0.15, 0.2) is 5.78 Å². The second-order valence-corrected chi connectivity index (χ2v) is 2.98. The van der Waals surface area contributed by atoms with E-state index in [-0.39, 0.29) is 28.7 Å². The third kappa shape index (κ3) is 1.92. The van der Waals surface area contributed by atoms with Crippen LogP contribution in [-0.2, 0) is 0 Å². The number of alkyl halides is 1. The van der Waals surface area contributed by atoms with Gasteiger partial charge in [-0.15, -0.1) is 11.6 Å². The molecule has 1 rings (SSSR count). The first-order valence-corrected chi connectivity index (χ1v) is 4.21. The first kappa shape index (κ1) is 9.86. The standard InChI is InChI=1S/C9H9ClO3/c1-5-2-6(11)3-7(12)9(5)8(13)4-10/h2-3,11-12H,4H2,1H3. The van der Waals surface area contributed by atoms with E-state index in [1.807, 2.05) is 0 Å². The molecule has 0 bridgehead atoms. The van der Waals surface area contributed by atoms with Crippen molar-refractivity contribution in [1.82, 2.24) is 0 Å². The minimum Gasteiger partial charge on any atom is -0.508 e. The first-order chi connectivity index (χ1) is 6.06. The second kappa shape index (κ2) is 3.66. The van der Waals surface area contributed by atoms with Gasteiger partial charge in [-0.2, -0.15) is 0 Å². The molecule has 0 aliphatic rings. The van der Waals surface area contributed by atoms with E-state index in [1.165, 1.54) is 6.07 Å². The molecule has 1 aromatic rings. The van der Waals surface area contributed by atoms with Crippen molar-refractivity contribution in [1.29, 1.82) is 0 Å².